The van der Waals surface area contributed by atoms with Gasteiger partial charge >= 0.3 is 0 Å². The van der Waals surface area contributed by atoms with E-state index in [0.717, 1.165) is 11.1 Å². The van der Waals surface area contributed by atoms with Crippen molar-refractivity contribution in [1.29, 1.82) is 0 Å². The van der Waals surface area contributed by atoms with Crippen molar-refractivity contribution in [3.63, 3.8) is 0 Å². The van der Waals surface area contributed by atoms with Crippen LogP contribution in [0, 0.1) is 5.41 Å². The lowest BCUT2D eigenvalue weighted by atomic mass is 9.92. The second-order valence-corrected chi connectivity index (χ2v) is 11.1. The molecule has 0 bridgehead atoms. The first-order valence-corrected chi connectivity index (χ1v) is 13.3. The van der Waals surface area contributed by atoms with E-state index in [1.165, 1.54) is 11.8 Å². The van der Waals surface area contributed by atoms with Crippen molar-refractivity contribution in [2.24, 2.45) is 5.41 Å². The average molecular weight is 534 g/mol. The normalized spacial score (nSPS) is 11.5. The number of carbonyl (C=O) groups is 2. The molecule has 0 aliphatic carbocycles. The van der Waals surface area contributed by atoms with Crippen LogP contribution >= 0.6 is 23.4 Å². The van der Waals surface area contributed by atoms with Crippen molar-refractivity contribution < 1.29 is 9.59 Å². The molecule has 0 saturated heterocycles. The Morgan fingerprint density at radius 1 is 1.00 bits per heavy atom. The minimum Gasteiger partial charge on any atom is -0.348 e. The maximum absolute atomic E-state index is 13.5. The molecule has 0 aliphatic rings. The molecule has 190 valence electrons. The lowest BCUT2D eigenvalue weighted by molar-refractivity contribution is -0.123. The summed E-state index contributed by atoms with van der Waals surface area (Å²) in [5.74, 6) is -0.0474. The summed E-state index contributed by atoms with van der Waals surface area (Å²) in [6, 6.07) is 21.8. The quantitative estimate of drug-likeness (QED) is 0.231. The van der Waals surface area contributed by atoms with Gasteiger partial charge in [0.2, 0.25) is 0 Å². The number of thioether (sulfide) groups is 1. The third-order valence-electron chi connectivity index (χ3n) is 5.93. The standard InChI is InChI=1S/C29H28ClN3O3S/c1-29(2,3)25(34)18-37-28-32-24-15-20(26(35)31-16-21-11-7-8-12-23(21)30)13-14-22(24)27(36)33(28)17-19-9-5-4-6-10-19/h4-15H,16-18H2,1-3H3,(H,31,35). The van der Waals surface area contributed by atoms with Gasteiger partial charge in [0.05, 0.1) is 23.2 Å². The summed E-state index contributed by atoms with van der Waals surface area (Å²) in [7, 11) is 0. The summed E-state index contributed by atoms with van der Waals surface area (Å²) in [6.07, 6.45) is 0. The Balaban J connectivity index is 1.67. The number of benzene rings is 3. The molecule has 0 radical (unpaired) electrons. The maximum Gasteiger partial charge on any atom is 0.262 e. The third-order valence-corrected chi connectivity index (χ3v) is 7.28. The molecule has 37 heavy (non-hydrogen) atoms. The Morgan fingerprint density at radius 3 is 2.41 bits per heavy atom. The highest BCUT2D eigenvalue weighted by Crippen LogP contribution is 2.24. The van der Waals surface area contributed by atoms with Gasteiger partial charge in [0.1, 0.15) is 5.78 Å². The number of carbonyl (C=O) groups excluding carboxylic acids is 2. The molecule has 6 nitrogen and oxygen atoms in total. The maximum atomic E-state index is 13.5. The second-order valence-electron chi connectivity index (χ2n) is 9.74. The van der Waals surface area contributed by atoms with E-state index in [2.05, 4.69) is 5.32 Å². The molecule has 4 rings (SSSR count). The van der Waals surface area contributed by atoms with Crippen LogP contribution < -0.4 is 10.9 Å². The number of ketones is 1. The molecule has 1 amide bonds. The highest BCUT2D eigenvalue weighted by atomic mass is 35.5. The predicted molar refractivity (Wildman–Crippen MR) is 149 cm³/mol. The zero-order valence-electron chi connectivity index (χ0n) is 21.0. The van der Waals surface area contributed by atoms with Crippen molar-refractivity contribution in [2.45, 2.75) is 39.0 Å². The van der Waals surface area contributed by atoms with E-state index >= 15 is 0 Å². The number of nitrogens with zero attached hydrogens (tertiary/aromatic N) is 2. The number of halogens is 1. The Morgan fingerprint density at radius 2 is 1.70 bits per heavy atom. The number of rotatable bonds is 8. The van der Waals surface area contributed by atoms with Crippen LogP contribution in [0.15, 0.2) is 82.7 Å². The molecule has 3 aromatic carbocycles. The lowest BCUT2D eigenvalue weighted by Gasteiger charge is -2.17. The molecule has 1 aromatic heterocycles. The fourth-order valence-corrected chi connectivity index (χ4v) is 4.99. The fraction of sp³-hybridized carbons (Fsp3) is 0.241. The molecule has 1 heterocycles. The number of Topliss-reactive ketones (excluding diaryl/α,β-unsaturated/α-hetero) is 1. The first kappa shape index (κ1) is 26.6. The molecule has 0 saturated carbocycles. The first-order chi connectivity index (χ1) is 17.6. The molecule has 0 atom stereocenters. The average Bonchev–Trinajstić information content (AvgIpc) is 2.88. The van der Waals surface area contributed by atoms with Crippen molar-refractivity contribution in [2.75, 3.05) is 5.75 Å². The second kappa shape index (κ2) is 11.3. The largest absolute Gasteiger partial charge is 0.348 e. The monoisotopic (exact) mass is 533 g/mol. The van der Waals surface area contributed by atoms with E-state index in [-0.39, 0.29) is 29.5 Å². The van der Waals surface area contributed by atoms with E-state index in [4.69, 9.17) is 16.6 Å². The Labute approximate surface area is 225 Å². The first-order valence-electron chi connectivity index (χ1n) is 11.9. The summed E-state index contributed by atoms with van der Waals surface area (Å²) in [5, 5.41) is 4.29. The molecule has 0 aliphatic heterocycles. The van der Waals surface area contributed by atoms with Gasteiger partial charge in [-0.1, -0.05) is 92.7 Å². The van der Waals surface area contributed by atoms with Crippen LogP contribution in [0.25, 0.3) is 10.9 Å². The van der Waals surface area contributed by atoms with Gasteiger partial charge < -0.3 is 5.32 Å². The molecular formula is C29H28ClN3O3S. The van der Waals surface area contributed by atoms with E-state index < -0.39 is 5.41 Å². The van der Waals surface area contributed by atoms with Crippen molar-refractivity contribution >= 4 is 46.0 Å². The number of hydrogen-bond acceptors (Lipinski definition) is 5. The number of nitrogens with one attached hydrogen (secondary N) is 1. The molecule has 1 N–H and O–H groups in total. The molecule has 8 heteroatoms. The summed E-state index contributed by atoms with van der Waals surface area (Å²) in [5.41, 5.74) is 1.83. The number of hydrogen-bond donors (Lipinski definition) is 1. The van der Waals surface area contributed by atoms with Crippen LogP contribution in [-0.4, -0.2) is 27.0 Å². The molecule has 4 aromatic rings. The Bertz CT molecular complexity index is 1510. The molecule has 0 spiro atoms. The van der Waals surface area contributed by atoms with Crippen LogP contribution in [0.3, 0.4) is 0 Å². The van der Waals surface area contributed by atoms with Crippen molar-refractivity contribution in [3.05, 3.63) is 105 Å². The van der Waals surface area contributed by atoms with Crippen LogP contribution in [0.1, 0.15) is 42.3 Å². The fourth-order valence-electron chi connectivity index (χ4n) is 3.62. The van der Waals surface area contributed by atoms with Crippen LogP contribution in [0.4, 0.5) is 0 Å². The van der Waals surface area contributed by atoms with Gasteiger partial charge in [-0.15, -0.1) is 0 Å². The van der Waals surface area contributed by atoms with Crippen molar-refractivity contribution in [1.82, 2.24) is 14.9 Å². The smallest absolute Gasteiger partial charge is 0.262 e. The molecular weight excluding hydrogens is 506 g/mol. The van der Waals surface area contributed by atoms with Gasteiger partial charge in [-0.3, -0.25) is 19.0 Å². The van der Waals surface area contributed by atoms with E-state index in [1.54, 1.807) is 28.8 Å². The number of fused-ring (bicyclic) bond motifs is 1. The Kier molecular flexibility index (Phi) is 8.15. The highest BCUT2D eigenvalue weighted by Gasteiger charge is 2.23. The van der Waals surface area contributed by atoms with Gasteiger partial charge in [0, 0.05) is 22.5 Å². The molecule has 0 fully saturated rings. The molecule has 0 unspecified atom stereocenters. The van der Waals surface area contributed by atoms with Crippen molar-refractivity contribution in [3.8, 4) is 0 Å². The van der Waals surface area contributed by atoms with E-state index in [9.17, 15) is 14.4 Å². The minimum absolute atomic E-state index is 0.0609. The zero-order chi connectivity index (χ0) is 26.6. The van der Waals surface area contributed by atoms with Gasteiger partial charge in [0.15, 0.2) is 5.16 Å². The number of aromatic nitrogens is 2. The number of amides is 1. The van der Waals surface area contributed by atoms with Gasteiger partial charge in [-0.05, 0) is 35.4 Å². The minimum atomic E-state index is -0.499. The topological polar surface area (TPSA) is 81.1 Å². The van der Waals surface area contributed by atoms with Gasteiger partial charge in [-0.2, -0.15) is 0 Å². The van der Waals surface area contributed by atoms with Crippen LogP contribution in [0.2, 0.25) is 5.02 Å². The van der Waals surface area contributed by atoms with Crippen LogP contribution in [0.5, 0.6) is 0 Å². The predicted octanol–water partition coefficient (Wildman–Crippen LogP) is 5.74. The summed E-state index contributed by atoms with van der Waals surface area (Å²) >= 11 is 7.44. The summed E-state index contributed by atoms with van der Waals surface area (Å²) in [4.78, 5) is 43.7. The van der Waals surface area contributed by atoms with Crippen LogP contribution in [-0.2, 0) is 17.9 Å². The van der Waals surface area contributed by atoms with E-state index in [1.807, 2.05) is 69.3 Å². The van der Waals surface area contributed by atoms with Gasteiger partial charge in [-0.25, -0.2) is 4.98 Å². The highest BCUT2D eigenvalue weighted by molar-refractivity contribution is 7.99. The van der Waals surface area contributed by atoms with E-state index in [0.29, 0.717) is 33.2 Å². The zero-order valence-corrected chi connectivity index (χ0v) is 22.5. The third kappa shape index (κ3) is 6.48. The SMILES string of the molecule is CC(C)(C)C(=O)CSc1nc2cc(C(=O)NCc3ccccc3Cl)ccc2c(=O)n1Cc1ccccc1. The Hall–Kier alpha value is -3.42. The van der Waals surface area contributed by atoms with Gasteiger partial charge in [0.25, 0.3) is 11.5 Å². The lowest BCUT2D eigenvalue weighted by Crippen LogP contribution is -2.26. The summed E-state index contributed by atoms with van der Waals surface area (Å²) < 4.78 is 1.59. The summed E-state index contributed by atoms with van der Waals surface area (Å²) in [6.45, 7) is 6.21.